The molecule has 0 saturated heterocycles. The summed E-state index contributed by atoms with van der Waals surface area (Å²) in [5.74, 6) is 1.09. The second kappa shape index (κ2) is 5.92. The molecular weight excluding hydrogens is 228 g/mol. The molecular formula is C13H14N4O. The molecule has 2 heterocycles. The fourth-order valence-corrected chi connectivity index (χ4v) is 1.70. The van der Waals surface area contributed by atoms with Gasteiger partial charge < -0.3 is 4.52 Å². The van der Waals surface area contributed by atoms with Crippen LogP contribution in [0.2, 0.25) is 0 Å². The predicted molar refractivity (Wildman–Crippen MR) is 65.5 cm³/mol. The summed E-state index contributed by atoms with van der Waals surface area (Å²) in [5.41, 5.74) is 1.87. The number of hydrogen-bond acceptors (Lipinski definition) is 5. The van der Waals surface area contributed by atoms with E-state index >= 15 is 0 Å². The molecule has 0 aliphatic heterocycles. The number of hydrogen-bond donors (Lipinski definition) is 0. The Morgan fingerprint density at radius 1 is 1.44 bits per heavy atom. The van der Waals surface area contributed by atoms with Gasteiger partial charge in [-0.3, -0.25) is 4.98 Å². The van der Waals surface area contributed by atoms with E-state index in [1.807, 2.05) is 12.1 Å². The maximum absolute atomic E-state index is 8.47. The van der Waals surface area contributed by atoms with Crippen LogP contribution in [0.3, 0.4) is 0 Å². The average Bonchev–Trinajstić information content (AvgIpc) is 2.88. The summed E-state index contributed by atoms with van der Waals surface area (Å²) < 4.78 is 5.15. The fraction of sp³-hybridized carbons (Fsp3) is 0.385. The highest BCUT2D eigenvalue weighted by atomic mass is 16.5. The van der Waals surface area contributed by atoms with E-state index < -0.39 is 0 Å². The van der Waals surface area contributed by atoms with Gasteiger partial charge in [-0.15, -0.1) is 0 Å². The van der Waals surface area contributed by atoms with E-state index in [9.17, 15) is 0 Å². The lowest BCUT2D eigenvalue weighted by atomic mass is 10.1. The smallest absolute Gasteiger partial charge is 0.227 e. The Hall–Kier alpha value is -2.22. The van der Waals surface area contributed by atoms with Crippen LogP contribution >= 0.6 is 0 Å². The lowest BCUT2D eigenvalue weighted by Crippen LogP contribution is -1.93. The van der Waals surface area contributed by atoms with Crippen LogP contribution in [0.5, 0.6) is 0 Å². The molecule has 2 aromatic heterocycles. The first kappa shape index (κ1) is 12.2. The summed E-state index contributed by atoms with van der Waals surface area (Å²) >= 11 is 0. The Morgan fingerprint density at radius 3 is 3.11 bits per heavy atom. The molecule has 18 heavy (non-hydrogen) atoms. The molecule has 0 bridgehead atoms. The molecule has 5 heteroatoms. The van der Waals surface area contributed by atoms with Gasteiger partial charge in [0.15, 0.2) is 0 Å². The van der Waals surface area contributed by atoms with E-state index in [1.54, 1.807) is 6.20 Å². The number of aryl methyl sites for hydroxylation is 2. The van der Waals surface area contributed by atoms with Crippen molar-refractivity contribution in [2.24, 2.45) is 0 Å². The fourth-order valence-electron chi connectivity index (χ4n) is 1.70. The third kappa shape index (κ3) is 2.72. The number of pyridine rings is 1. The molecule has 0 saturated carbocycles. The van der Waals surface area contributed by atoms with Crippen LogP contribution < -0.4 is 0 Å². The van der Waals surface area contributed by atoms with Crippen LogP contribution in [0.4, 0.5) is 0 Å². The molecule has 5 nitrogen and oxygen atoms in total. The molecule has 2 rings (SSSR count). The first-order valence-corrected chi connectivity index (χ1v) is 5.99. The van der Waals surface area contributed by atoms with Gasteiger partial charge in [-0.25, -0.2) is 0 Å². The molecule has 0 amide bonds. The van der Waals surface area contributed by atoms with Crippen molar-refractivity contribution in [3.63, 3.8) is 0 Å². The van der Waals surface area contributed by atoms with E-state index in [2.05, 4.69) is 28.1 Å². The van der Waals surface area contributed by atoms with Crippen LogP contribution in [0.15, 0.2) is 22.9 Å². The Labute approximate surface area is 105 Å². The van der Waals surface area contributed by atoms with E-state index in [4.69, 9.17) is 9.78 Å². The highest BCUT2D eigenvalue weighted by molar-refractivity contribution is 5.53. The molecule has 0 aliphatic carbocycles. The molecule has 0 atom stereocenters. The minimum Gasteiger partial charge on any atom is -0.339 e. The van der Waals surface area contributed by atoms with Crippen LogP contribution in [0.1, 0.15) is 31.2 Å². The Morgan fingerprint density at radius 2 is 2.33 bits per heavy atom. The number of nitriles is 1. The zero-order valence-corrected chi connectivity index (χ0v) is 10.3. The molecule has 0 spiro atoms. The first-order chi connectivity index (χ1) is 8.85. The van der Waals surface area contributed by atoms with Crippen LogP contribution in [-0.4, -0.2) is 15.1 Å². The Bertz CT molecular complexity index is 556. The molecule has 0 unspecified atom stereocenters. The molecule has 0 fully saturated rings. The first-order valence-electron chi connectivity index (χ1n) is 5.99. The van der Waals surface area contributed by atoms with Crippen molar-refractivity contribution in [3.05, 3.63) is 29.8 Å². The number of nitrogens with zero attached hydrogens (tertiary/aromatic N) is 4. The maximum Gasteiger partial charge on any atom is 0.227 e. The second-order valence-corrected chi connectivity index (χ2v) is 3.89. The van der Waals surface area contributed by atoms with Crippen molar-refractivity contribution in [3.8, 4) is 17.6 Å². The lowest BCUT2D eigenvalue weighted by molar-refractivity contribution is 0.376. The summed E-state index contributed by atoms with van der Waals surface area (Å²) in [6.45, 7) is 2.06. The third-order valence-electron chi connectivity index (χ3n) is 2.63. The van der Waals surface area contributed by atoms with Gasteiger partial charge in [0.05, 0.1) is 6.07 Å². The zero-order valence-electron chi connectivity index (χ0n) is 10.3. The normalized spacial score (nSPS) is 10.2. The molecule has 92 valence electrons. The molecule has 0 aromatic carbocycles. The van der Waals surface area contributed by atoms with Gasteiger partial charge in [-0.05, 0) is 24.5 Å². The summed E-state index contributed by atoms with van der Waals surface area (Å²) in [4.78, 5) is 8.60. The summed E-state index contributed by atoms with van der Waals surface area (Å²) in [5, 5.41) is 12.4. The van der Waals surface area contributed by atoms with Crippen molar-refractivity contribution in [2.75, 3.05) is 0 Å². The van der Waals surface area contributed by atoms with Crippen LogP contribution in [0, 0.1) is 11.3 Å². The topological polar surface area (TPSA) is 75.6 Å². The molecule has 0 aliphatic rings. The quantitative estimate of drug-likeness (QED) is 0.753. The van der Waals surface area contributed by atoms with E-state index in [1.165, 1.54) is 0 Å². The minimum absolute atomic E-state index is 0.501. The van der Waals surface area contributed by atoms with Gasteiger partial charge in [-0.2, -0.15) is 10.2 Å². The number of unbranched alkanes of at least 4 members (excludes halogenated alkanes) is 1. The van der Waals surface area contributed by atoms with E-state index in [0.29, 0.717) is 24.6 Å². The van der Waals surface area contributed by atoms with Gasteiger partial charge in [0, 0.05) is 19.0 Å². The maximum atomic E-state index is 8.47. The van der Waals surface area contributed by atoms with E-state index in [0.717, 1.165) is 24.1 Å². The van der Waals surface area contributed by atoms with Gasteiger partial charge >= 0.3 is 0 Å². The van der Waals surface area contributed by atoms with Crippen molar-refractivity contribution in [1.29, 1.82) is 5.26 Å². The van der Waals surface area contributed by atoms with Crippen LogP contribution in [0.25, 0.3) is 11.5 Å². The Balaban J connectivity index is 2.16. The summed E-state index contributed by atoms with van der Waals surface area (Å²) in [6.07, 6.45) is 4.47. The molecule has 0 radical (unpaired) electrons. The monoisotopic (exact) mass is 242 g/mol. The highest BCUT2D eigenvalue weighted by Gasteiger charge is 2.12. The molecule has 0 N–H and O–H groups in total. The zero-order chi connectivity index (χ0) is 12.8. The number of rotatable bonds is 5. The van der Waals surface area contributed by atoms with Crippen molar-refractivity contribution in [1.82, 2.24) is 15.1 Å². The van der Waals surface area contributed by atoms with Gasteiger partial charge in [0.1, 0.15) is 5.69 Å². The Kier molecular flexibility index (Phi) is 4.02. The number of aromatic nitrogens is 3. The summed E-state index contributed by atoms with van der Waals surface area (Å²) in [6, 6.07) is 6.00. The third-order valence-corrected chi connectivity index (χ3v) is 2.63. The van der Waals surface area contributed by atoms with Crippen molar-refractivity contribution < 1.29 is 4.52 Å². The highest BCUT2D eigenvalue weighted by Crippen LogP contribution is 2.18. The van der Waals surface area contributed by atoms with Crippen molar-refractivity contribution >= 4 is 0 Å². The minimum atomic E-state index is 0.501. The van der Waals surface area contributed by atoms with Crippen LogP contribution in [-0.2, 0) is 12.8 Å². The predicted octanol–water partition coefficient (Wildman–Crippen LogP) is 2.54. The molecule has 2 aromatic rings. The van der Waals surface area contributed by atoms with Gasteiger partial charge in [-0.1, -0.05) is 18.1 Å². The standard InChI is InChI=1S/C13H14N4O/c1-2-10-6-5-9-15-12(10)13-16-11(18-17-13)7-3-4-8-14/h5-6,9H,2-4,7H2,1H3. The van der Waals surface area contributed by atoms with Gasteiger partial charge in [0.2, 0.25) is 11.7 Å². The average molecular weight is 242 g/mol. The van der Waals surface area contributed by atoms with E-state index in [-0.39, 0.29) is 0 Å². The SMILES string of the molecule is CCc1cccnc1-c1noc(CCCC#N)n1. The second-order valence-electron chi connectivity index (χ2n) is 3.89. The summed E-state index contributed by atoms with van der Waals surface area (Å²) in [7, 11) is 0. The largest absolute Gasteiger partial charge is 0.339 e. The van der Waals surface area contributed by atoms with Gasteiger partial charge in [0.25, 0.3) is 0 Å². The lowest BCUT2D eigenvalue weighted by Gasteiger charge is -2.00. The van der Waals surface area contributed by atoms with Crippen molar-refractivity contribution in [2.45, 2.75) is 32.6 Å².